The lowest BCUT2D eigenvalue weighted by Crippen LogP contribution is -2.28. The fraction of sp³-hybridized carbons (Fsp3) is 0.462. The van der Waals surface area contributed by atoms with Gasteiger partial charge in [-0.3, -0.25) is 4.79 Å². The third-order valence-electron chi connectivity index (χ3n) is 3.29. The highest BCUT2D eigenvalue weighted by Crippen LogP contribution is 2.37. The first-order chi connectivity index (χ1) is 8.39. The summed E-state index contributed by atoms with van der Waals surface area (Å²) >= 11 is 11.6. The molecule has 98 valence electrons. The number of Topliss-reactive ketones (excluding diaryl/α,β-unsaturated/α-hetero) is 1. The van der Waals surface area contributed by atoms with Crippen molar-refractivity contribution in [3.05, 3.63) is 33.8 Å². The van der Waals surface area contributed by atoms with Crippen LogP contribution in [0.1, 0.15) is 36.0 Å². The van der Waals surface area contributed by atoms with Crippen LogP contribution in [-0.4, -0.2) is 11.7 Å². The molecule has 1 saturated carbocycles. The van der Waals surface area contributed by atoms with Crippen LogP contribution < -0.4 is 0 Å². The molecule has 1 fully saturated rings. The molecule has 1 aromatic carbocycles. The average Bonchev–Trinajstić information content (AvgIpc) is 2.32. The minimum absolute atomic E-state index is 0.121. The third kappa shape index (κ3) is 3.01. The van der Waals surface area contributed by atoms with Crippen LogP contribution >= 0.6 is 23.2 Å². The Labute approximate surface area is 114 Å². The molecule has 0 aliphatic heterocycles. The second kappa shape index (κ2) is 5.14. The first-order valence-corrected chi connectivity index (χ1v) is 6.52. The SMILES string of the molecule is O=C(c1ccc(Cl)c(Cl)c1)C1CCC(F)(F)CC1. The Morgan fingerprint density at radius 2 is 1.78 bits per heavy atom. The molecule has 0 radical (unpaired) electrons. The molecule has 1 aliphatic rings. The lowest BCUT2D eigenvalue weighted by Gasteiger charge is -2.27. The van der Waals surface area contributed by atoms with E-state index in [-0.39, 0.29) is 37.4 Å². The number of hydrogen-bond donors (Lipinski definition) is 0. The largest absolute Gasteiger partial charge is 0.294 e. The van der Waals surface area contributed by atoms with Gasteiger partial charge in [0.2, 0.25) is 5.92 Å². The molecular formula is C13H12Cl2F2O. The highest BCUT2D eigenvalue weighted by molar-refractivity contribution is 6.42. The first kappa shape index (κ1) is 13.8. The second-order valence-electron chi connectivity index (χ2n) is 4.62. The highest BCUT2D eigenvalue weighted by Gasteiger charge is 2.37. The number of halogens is 4. The summed E-state index contributed by atoms with van der Waals surface area (Å²) in [5.74, 6) is -3.07. The molecule has 0 spiro atoms. The number of benzene rings is 1. The fourth-order valence-corrected chi connectivity index (χ4v) is 2.49. The normalized spacial score (nSPS) is 19.8. The Bertz CT molecular complexity index is 464. The molecule has 0 aromatic heterocycles. The zero-order valence-corrected chi connectivity index (χ0v) is 11.1. The molecule has 1 nitrogen and oxygen atoms in total. The Kier molecular flexibility index (Phi) is 3.93. The van der Waals surface area contributed by atoms with E-state index in [2.05, 4.69) is 0 Å². The van der Waals surface area contributed by atoms with Crippen molar-refractivity contribution in [3.8, 4) is 0 Å². The molecule has 1 aromatic rings. The molecule has 5 heteroatoms. The smallest absolute Gasteiger partial charge is 0.248 e. The van der Waals surface area contributed by atoms with Crippen LogP contribution in [-0.2, 0) is 0 Å². The van der Waals surface area contributed by atoms with Crippen molar-refractivity contribution < 1.29 is 13.6 Å². The van der Waals surface area contributed by atoms with Gasteiger partial charge < -0.3 is 0 Å². The summed E-state index contributed by atoms with van der Waals surface area (Å²) in [5, 5.41) is 0.687. The standard InChI is InChI=1S/C13H12Cl2F2O/c14-10-2-1-9(7-11(10)15)12(18)8-3-5-13(16,17)6-4-8/h1-2,7-8H,3-6H2. The molecule has 0 bridgehead atoms. The Hall–Kier alpha value is -0.670. The first-order valence-electron chi connectivity index (χ1n) is 5.76. The summed E-state index contributed by atoms with van der Waals surface area (Å²) in [6, 6.07) is 4.64. The van der Waals surface area contributed by atoms with Gasteiger partial charge in [-0.25, -0.2) is 8.78 Å². The van der Waals surface area contributed by atoms with Gasteiger partial charge in [-0.15, -0.1) is 0 Å². The van der Waals surface area contributed by atoms with Crippen molar-refractivity contribution in [2.24, 2.45) is 5.92 Å². The predicted octanol–water partition coefficient (Wildman–Crippen LogP) is 5.00. The zero-order chi connectivity index (χ0) is 13.3. The Morgan fingerprint density at radius 3 is 2.33 bits per heavy atom. The minimum atomic E-state index is -2.62. The van der Waals surface area contributed by atoms with Gasteiger partial charge in [0.25, 0.3) is 0 Å². The van der Waals surface area contributed by atoms with Crippen LogP contribution in [0, 0.1) is 5.92 Å². The van der Waals surface area contributed by atoms with Crippen molar-refractivity contribution in [1.82, 2.24) is 0 Å². The van der Waals surface area contributed by atoms with Crippen LogP contribution in [0.3, 0.4) is 0 Å². The fourth-order valence-electron chi connectivity index (χ4n) is 2.19. The monoisotopic (exact) mass is 292 g/mol. The van der Waals surface area contributed by atoms with Crippen molar-refractivity contribution in [2.75, 3.05) is 0 Å². The van der Waals surface area contributed by atoms with E-state index in [4.69, 9.17) is 23.2 Å². The molecule has 0 heterocycles. The number of hydrogen-bond acceptors (Lipinski definition) is 1. The Morgan fingerprint density at radius 1 is 1.17 bits per heavy atom. The molecule has 0 unspecified atom stereocenters. The maximum atomic E-state index is 13.0. The summed E-state index contributed by atoms with van der Waals surface area (Å²) in [6.45, 7) is 0. The van der Waals surface area contributed by atoms with Gasteiger partial charge in [-0.05, 0) is 31.0 Å². The van der Waals surface area contributed by atoms with E-state index in [1.54, 1.807) is 12.1 Å². The maximum absolute atomic E-state index is 13.0. The highest BCUT2D eigenvalue weighted by atomic mass is 35.5. The van der Waals surface area contributed by atoms with Crippen molar-refractivity contribution >= 4 is 29.0 Å². The van der Waals surface area contributed by atoms with E-state index in [0.717, 1.165) is 0 Å². The van der Waals surface area contributed by atoms with Crippen LogP contribution in [0.25, 0.3) is 0 Å². The predicted molar refractivity (Wildman–Crippen MR) is 67.7 cm³/mol. The second-order valence-corrected chi connectivity index (χ2v) is 5.44. The molecule has 0 N–H and O–H groups in total. The van der Waals surface area contributed by atoms with Crippen molar-refractivity contribution in [2.45, 2.75) is 31.6 Å². The summed E-state index contributed by atoms with van der Waals surface area (Å²) < 4.78 is 26.0. The van der Waals surface area contributed by atoms with E-state index >= 15 is 0 Å². The summed E-state index contributed by atoms with van der Waals surface area (Å²) in [5.41, 5.74) is 0.444. The van der Waals surface area contributed by atoms with Crippen molar-refractivity contribution in [1.29, 1.82) is 0 Å². The van der Waals surface area contributed by atoms with E-state index in [1.807, 2.05) is 0 Å². The number of alkyl halides is 2. The minimum Gasteiger partial charge on any atom is -0.294 e. The zero-order valence-electron chi connectivity index (χ0n) is 9.56. The van der Waals surface area contributed by atoms with Gasteiger partial charge >= 0.3 is 0 Å². The van der Waals surface area contributed by atoms with Crippen LogP contribution in [0.15, 0.2) is 18.2 Å². The summed E-state index contributed by atoms with van der Waals surface area (Å²) in [6.07, 6.45) is 0.0214. The van der Waals surface area contributed by atoms with E-state index in [0.29, 0.717) is 15.6 Å². The van der Waals surface area contributed by atoms with Gasteiger partial charge in [0, 0.05) is 24.3 Å². The summed E-state index contributed by atoms with van der Waals surface area (Å²) in [4.78, 5) is 12.1. The van der Waals surface area contributed by atoms with Crippen molar-refractivity contribution in [3.63, 3.8) is 0 Å². The quantitative estimate of drug-likeness (QED) is 0.701. The molecule has 0 amide bonds. The van der Waals surface area contributed by atoms with Crippen LogP contribution in [0.4, 0.5) is 8.78 Å². The molecule has 2 rings (SSSR count). The van der Waals surface area contributed by atoms with Gasteiger partial charge in [-0.1, -0.05) is 23.2 Å². The molecule has 1 aliphatic carbocycles. The molecule has 18 heavy (non-hydrogen) atoms. The maximum Gasteiger partial charge on any atom is 0.248 e. The molecular weight excluding hydrogens is 281 g/mol. The van der Waals surface area contributed by atoms with E-state index in [9.17, 15) is 13.6 Å². The number of carbonyl (C=O) groups excluding carboxylic acids is 1. The van der Waals surface area contributed by atoms with Crippen LogP contribution in [0.2, 0.25) is 10.0 Å². The lowest BCUT2D eigenvalue weighted by molar-refractivity contribution is -0.0424. The van der Waals surface area contributed by atoms with Gasteiger partial charge in [0.15, 0.2) is 5.78 Å². The van der Waals surface area contributed by atoms with E-state index < -0.39 is 5.92 Å². The number of rotatable bonds is 2. The summed E-state index contributed by atoms with van der Waals surface area (Å²) in [7, 11) is 0. The average molecular weight is 293 g/mol. The lowest BCUT2D eigenvalue weighted by atomic mass is 9.82. The van der Waals surface area contributed by atoms with Gasteiger partial charge in [-0.2, -0.15) is 0 Å². The number of carbonyl (C=O) groups is 1. The Balaban J connectivity index is 2.10. The van der Waals surface area contributed by atoms with Gasteiger partial charge in [0.05, 0.1) is 10.0 Å². The van der Waals surface area contributed by atoms with E-state index in [1.165, 1.54) is 6.07 Å². The van der Waals surface area contributed by atoms with Gasteiger partial charge in [0.1, 0.15) is 0 Å². The third-order valence-corrected chi connectivity index (χ3v) is 4.03. The topological polar surface area (TPSA) is 17.1 Å². The molecule has 0 atom stereocenters. The number of ketones is 1. The molecule has 0 saturated heterocycles. The van der Waals surface area contributed by atoms with Crippen LogP contribution in [0.5, 0.6) is 0 Å².